The van der Waals surface area contributed by atoms with Gasteiger partial charge in [0.25, 0.3) is 0 Å². The van der Waals surface area contributed by atoms with Crippen molar-refractivity contribution < 1.29 is 17.9 Å². The van der Waals surface area contributed by atoms with Crippen molar-refractivity contribution >= 4 is 27.2 Å². The Hall–Kier alpha value is -1.76. The van der Waals surface area contributed by atoms with Crippen LogP contribution in [0.3, 0.4) is 0 Å². The molecule has 1 saturated heterocycles. The lowest BCUT2D eigenvalue weighted by Gasteiger charge is -2.27. The third-order valence-electron chi connectivity index (χ3n) is 3.62. The van der Waals surface area contributed by atoms with Gasteiger partial charge in [0.2, 0.25) is 0 Å². The van der Waals surface area contributed by atoms with Crippen LogP contribution < -0.4 is 10.6 Å². The van der Waals surface area contributed by atoms with Crippen LogP contribution in [0.4, 0.5) is 11.4 Å². The summed E-state index contributed by atoms with van der Waals surface area (Å²) >= 11 is 0. The van der Waals surface area contributed by atoms with Crippen LogP contribution in [-0.4, -0.2) is 46.1 Å². The molecule has 6 nitrogen and oxygen atoms in total. The van der Waals surface area contributed by atoms with Gasteiger partial charge in [0.05, 0.1) is 35.6 Å². The molecule has 1 atom stereocenters. The molecular formula is C13H18N2O4S. The van der Waals surface area contributed by atoms with Gasteiger partial charge in [-0.05, 0) is 18.6 Å². The summed E-state index contributed by atoms with van der Waals surface area (Å²) in [4.78, 5) is 13.4. The van der Waals surface area contributed by atoms with Gasteiger partial charge in [0.15, 0.2) is 9.84 Å². The fourth-order valence-corrected chi connectivity index (χ4v) is 4.20. The maximum Gasteiger partial charge on any atom is 0.340 e. The van der Waals surface area contributed by atoms with Crippen LogP contribution in [0.1, 0.15) is 16.8 Å². The number of carbonyl (C=O) groups is 1. The molecule has 2 rings (SSSR count). The maximum absolute atomic E-state index is 11.6. The van der Waals surface area contributed by atoms with Gasteiger partial charge in [-0.3, -0.25) is 0 Å². The number of benzene rings is 1. The van der Waals surface area contributed by atoms with E-state index in [1.807, 2.05) is 4.90 Å². The molecule has 7 heteroatoms. The molecule has 2 N–H and O–H groups in total. The quantitative estimate of drug-likeness (QED) is 0.652. The zero-order valence-electron chi connectivity index (χ0n) is 11.5. The van der Waals surface area contributed by atoms with Crippen LogP contribution >= 0.6 is 0 Å². The molecule has 1 unspecified atom stereocenters. The van der Waals surface area contributed by atoms with E-state index in [4.69, 9.17) is 5.73 Å². The van der Waals surface area contributed by atoms with Crippen molar-refractivity contribution in [2.45, 2.75) is 12.5 Å². The van der Waals surface area contributed by atoms with Gasteiger partial charge in [0, 0.05) is 13.1 Å². The fraction of sp³-hybridized carbons (Fsp3) is 0.462. The van der Waals surface area contributed by atoms with Crippen molar-refractivity contribution in [1.82, 2.24) is 0 Å². The minimum atomic E-state index is -2.97. The number of sulfone groups is 1. The second kappa shape index (κ2) is 5.32. The highest BCUT2D eigenvalue weighted by molar-refractivity contribution is 7.91. The molecule has 0 aromatic heterocycles. The Morgan fingerprint density at radius 3 is 2.70 bits per heavy atom. The lowest BCUT2D eigenvalue weighted by atomic mass is 10.1. The van der Waals surface area contributed by atoms with Gasteiger partial charge in [-0.2, -0.15) is 0 Å². The standard InChI is InChI=1S/C13H18N2O4S/c1-15(9-6-7-20(17,18)8-9)11-5-3-4-10(12(11)14)13(16)19-2/h3-5,9H,6-8,14H2,1-2H3. The number of hydrogen-bond donors (Lipinski definition) is 1. The zero-order valence-corrected chi connectivity index (χ0v) is 12.3. The summed E-state index contributed by atoms with van der Waals surface area (Å²) in [5.74, 6) is -0.193. The minimum absolute atomic E-state index is 0.116. The number of esters is 1. The van der Waals surface area contributed by atoms with Crippen LogP contribution in [0.2, 0.25) is 0 Å². The summed E-state index contributed by atoms with van der Waals surface area (Å²) in [6.07, 6.45) is 0.570. The van der Waals surface area contributed by atoms with Crippen LogP contribution in [0.5, 0.6) is 0 Å². The van der Waals surface area contributed by atoms with E-state index in [0.717, 1.165) is 0 Å². The molecule has 20 heavy (non-hydrogen) atoms. The van der Waals surface area contributed by atoms with Crippen molar-refractivity contribution in [1.29, 1.82) is 0 Å². The van der Waals surface area contributed by atoms with Crippen molar-refractivity contribution in [3.8, 4) is 0 Å². The van der Waals surface area contributed by atoms with Gasteiger partial charge in [0.1, 0.15) is 0 Å². The number of hydrogen-bond acceptors (Lipinski definition) is 6. The van der Waals surface area contributed by atoms with Crippen molar-refractivity contribution in [3.63, 3.8) is 0 Å². The molecular weight excluding hydrogens is 280 g/mol. The molecule has 1 aromatic carbocycles. The summed E-state index contributed by atoms with van der Waals surface area (Å²) in [5, 5.41) is 0. The monoisotopic (exact) mass is 298 g/mol. The van der Waals surface area contributed by atoms with Gasteiger partial charge in [-0.25, -0.2) is 13.2 Å². The number of para-hydroxylation sites is 1. The second-order valence-corrected chi connectivity index (χ2v) is 7.13. The molecule has 0 amide bonds. The predicted molar refractivity (Wildman–Crippen MR) is 77.7 cm³/mol. The third kappa shape index (κ3) is 2.72. The summed E-state index contributed by atoms with van der Waals surface area (Å²) in [7, 11) is 0.117. The number of rotatable bonds is 3. The first-order chi connectivity index (χ1) is 9.35. The lowest BCUT2D eigenvalue weighted by molar-refractivity contribution is 0.0602. The summed E-state index contributed by atoms with van der Waals surface area (Å²) in [6, 6.07) is 4.95. The molecule has 0 aliphatic carbocycles. The number of nitrogen functional groups attached to an aromatic ring is 1. The molecule has 1 heterocycles. The largest absolute Gasteiger partial charge is 0.465 e. The minimum Gasteiger partial charge on any atom is -0.465 e. The first-order valence-electron chi connectivity index (χ1n) is 6.26. The average Bonchev–Trinajstić information content (AvgIpc) is 2.78. The van der Waals surface area contributed by atoms with E-state index in [9.17, 15) is 13.2 Å². The Labute approximate surface area is 118 Å². The van der Waals surface area contributed by atoms with Gasteiger partial charge < -0.3 is 15.4 Å². The highest BCUT2D eigenvalue weighted by atomic mass is 32.2. The highest BCUT2D eigenvalue weighted by Crippen LogP contribution is 2.30. The van der Waals surface area contributed by atoms with Crippen molar-refractivity contribution in [2.75, 3.05) is 36.3 Å². The Kier molecular flexibility index (Phi) is 3.89. The van der Waals surface area contributed by atoms with Crippen LogP contribution in [0.25, 0.3) is 0 Å². The molecule has 1 aromatic rings. The van der Waals surface area contributed by atoms with Crippen LogP contribution in [0, 0.1) is 0 Å². The van der Waals surface area contributed by atoms with E-state index >= 15 is 0 Å². The van der Waals surface area contributed by atoms with E-state index in [1.165, 1.54) is 7.11 Å². The highest BCUT2D eigenvalue weighted by Gasteiger charge is 2.31. The number of ether oxygens (including phenoxy) is 1. The number of anilines is 2. The smallest absolute Gasteiger partial charge is 0.340 e. The van der Waals surface area contributed by atoms with Crippen molar-refractivity contribution in [2.24, 2.45) is 0 Å². The summed E-state index contributed by atoms with van der Waals surface area (Å²) in [5.41, 5.74) is 7.25. The van der Waals surface area contributed by atoms with Crippen LogP contribution in [0.15, 0.2) is 18.2 Å². The number of carbonyl (C=O) groups excluding carboxylic acids is 1. The number of nitrogens with two attached hydrogens (primary N) is 1. The Morgan fingerprint density at radius 2 is 2.15 bits per heavy atom. The van der Waals surface area contributed by atoms with E-state index in [1.54, 1.807) is 25.2 Å². The maximum atomic E-state index is 11.6. The molecule has 0 radical (unpaired) electrons. The Balaban J connectivity index is 2.31. The molecule has 0 spiro atoms. The van der Waals surface area contributed by atoms with E-state index < -0.39 is 15.8 Å². The molecule has 1 aliphatic heterocycles. The Bertz CT molecular complexity index is 627. The molecule has 0 bridgehead atoms. The normalized spacial score (nSPS) is 20.6. The third-order valence-corrected chi connectivity index (χ3v) is 5.37. The molecule has 0 saturated carbocycles. The van der Waals surface area contributed by atoms with Gasteiger partial charge >= 0.3 is 5.97 Å². The van der Waals surface area contributed by atoms with Crippen LogP contribution in [-0.2, 0) is 14.6 Å². The first kappa shape index (κ1) is 14.6. The molecule has 110 valence electrons. The summed E-state index contributed by atoms with van der Waals surface area (Å²) < 4.78 is 27.8. The summed E-state index contributed by atoms with van der Waals surface area (Å²) in [6.45, 7) is 0. The van der Waals surface area contributed by atoms with Gasteiger partial charge in [-0.15, -0.1) is 0 Å². The zero-order chi connectivity index (χ0) is 14.9. The average molecular weight is 298 g/mol. The first-order valence-corrected chi connectivity index (χ1v) is 8.08. The van der Waals surface area contributed by atoms with Crippen molar-refractivity contribution in [3.05, 3.63) is 23.8 Å². The SMILES string of the molecule is COC(=O)c1cccc(N(C)C2CCS(=O)(=O)C2)c1N. The van der Waals surface area contributed by atoms with E-state index in [2.05, 4.69) is 4.74 Å². The number of nitrogens with zero attached hydrogens (tertiary/aromatic N) is 1. The molecule has 1 fully saturated rings. The Morgan fingerprint density at radius 1 is 1.45 bits per heavy atom. The van der Waals surface area contributed by atoms with E-state index in [-0.39, 0.29) is 23.1 Å². The topological polar surface area (TPSA) is 89.7 Å². The molecule has 1 aliphatic rings. The lowest BCUT2D eigenvalue weighted by Crippen LogP contribution is -2.33. The van der Waals surface area contributed by atoms with Gasteiger partial charge in [-0.1, -0.05) is 6.07 Å². The second-order valence-electron chi connectivity index (χ2n) is 4.90. The number of methoxy groups -OCH3 is 1. The van der Waals surface area contributed by atoms with E-state index in [0.29, 0.717) is 17.8 Å². The predicted octanol–water partition coefficient (Wildman–Crippen LogP) is 0.679. The fourth-order valence-electron chi connectivity index (χ4n) is 2.43.